The normalized spacial score (nSPS) is 9.20. The molecule has 0 fully saturated rings. The van der Waals surface area contributed by atoms with Gasteiger partial charge in [-0.3, -0.25) is 9.59 Å². The lowest BCUT2D eigenvalue weighted by Gasteiger charge is -2.02. The zero-order chi connectivity index (χ0) is 11.8. The van der Waals surface area contributed by atoms with Gasteiger partial charge in [0.25, 0.3) is 0 Å². The van der Waals surface area contributed by atoms with Crippen LogP contribution in [-0.4, -0.2) is 24.5 Å². The first-order valence-corrected chi connectivity index (χ1v) is 4.53. The van der Waals surface area contributed by atoms with Gasteiger partial charge in [0.05, 0.1) is 19.4 Å². The molecular formula is C10H14O5. The van der Waals surface area contributed by atoms with Crippen molar-refractivity contribution in [3.8, 4) is 0 Å². The Labute approximate surface area is 88.0 Å². The van der Waals surface area contributed by atoms with Gasteiger partial charge in [-0.25, -0.2) is 4.79 Å². The maximum atomic E-state index is 11.0. The highest BCUT2D eigenvalue weighted by Crippen LogP contribution is 1.99. The minimum absolute atomic E-state index is 0.0872. The Balaban J connectivity index is 3.80. The third-order valence-corrected chi connectivity index (χ3v) is 1.39. The lowest BCUT2D eigenvalue weighted by atomic mass is 10.3. The van der Waals surface area contributed by atoms with Gasteiger partial charge in [-0.2, -0.15) is 0 Å². The van der Waals surface area contributed by atoms with E-state index in [4.69, 9.17) is 0 Å². The monoisotopic (exact) mass is 214 g/mol. The van der Waals surface area contributed by atoms with Gasteiger partial charge in [-0.1, -0.05) is 6.58 Å². The number of hydrogen-bond donors (Lipinski definition) is 0. The maximum Gasteiger partial charge on any atom is 0.340 e. The Morgan fingerprint density at radius 3 is 2.13 bits per heavy atom. The highest BCUT2D eigenvalue weighted by atomic mass is 16.6. The second-order valence-electron chi connectivity index (χ2n) is 2.85. The van der Waals surface area contributed by atoms with Crippen LogP contribution >= 0.6 is 0 Å². The first kappa shape index (κ1) is 13.4. The molecule has 0 heterocycles. The van der Waals surface area contributed by atoms with E-state index in [0.717, 1.165) is 0 Å². The molecule has 5 nitrogen and oxygen atoms in total. The van der Waals surface area contributed by atoms with Crippen LogP contribution in [-0.2, 0) is 23.9 Å². The van der Waals surface area contributed by atoms with Gasteiger partial charge in [0.1, 0.15) is 0 Å². The van der Waals surface area contributed by atoms with Crippen LogP contribution in [0, 0.1) is 0 Å². The molecule has 0 aromatic rings. The molecule has 0 aromatic carbocycles. The molecule has 0 aliphatic rings. The predicted octanol–water partition coefficient (Wildman–Crippen LogP) is 0.976. The van der Waals surface area contributed by atoms with Gasteiger partial charge in [-0.05, 0) is 13.8 Å². The van der Waals surface area contributed by atoms with E-state index < -0.39 is 17.9 Å². The third-order valence-electron chi connectivity index (χ3n) is 1.39. The summed E-state index contributed by atoms with van der Waals surface area (Å²) in [5.41, 5.74) is 0.138. The van der Waals surface area contributed by atoms with Crippen molar-refractivity contribution in [2.45, 2.75) is 26.7 Å². The van der Waals surface area contributed by atoms with Crippen LogP contribution in [0.4, 0.5) is 0 Å². The Hall–Kier alpha value is -1.65. The largest absolute Gasteiger partial charge is 0.466 e. The summed E-state index contributed by atoms with van der Waals surface area (Å²) in [7, 11) is 0. The molecule has 0 N–H and O–H groups in total. The fourth-order valence-corrected chi connectivity index (χ4v) is 0.679. The van der Waals surface area contributed by atoms with Gasteiger partial charge < -0.3 is 9.47 Å². The van der Waals surface area contributed by atoms with E-state index in [2.05, 4.69) is 16.1 Å². The zero-order valence-corrected chi connectivity index (χ0v) is 8.87. The summed E-state index contributed by atoms with van der Waals surface area (Å²) in [5, 5.41) is 0. The van der Waals surface area contributed by atoms with Crippen LogP contribution in [0.1, 0.15) is 26.7 Å². The van der Waals surface area contributed by atoms with E-state index in [-0.39, 0.29) is 25.0 Å². The summed E-state index contributed by atoms with van der Waals surface area (Å²) >= 11 is 0. The van der Waals surface area contributed by atoms with Gasteiger partial charge in [0, 0.05) is 5.57 Å². The number of ether oxygens (including phenoxy) is 2. The van der Waals surface area contributed by atoms with Crippen molar-refractivity contribution in [2.24, 2.45) is 0 Å². The molecule has 84 valence electrons. The predicted molar refractivity (Wildman–Crippen MR) is 51.8 cm³/mol. The quantitative estimate of drug-likeness (QED) is 0.387. The molecule has 0 spiro atoms. The first-order chi connectivity index (χ1) is 6.97. The molecule has 0 aromatic heterocycles. The van der Waals surface area contributed by atoms with Crippen molar-refractivity contribution in [1.29, 1.82) is 0 Å². The molecule has 0 amide bonds. The Kier molecular flexibility index (Phi) is 6.01. The van der Waals surface area contributed by atoms with Crippen molar-refractivity contribution < 1.29 is 23.9 Å². The van der Waals surface area contributed by atoms with Crippen LogP contribution < -0.4 is 0 Å². The zero-order valence-electron chi connectivity index (χ0n) is 8.87. The van der Waals surface area contributed by atoms with E-state index >= 15 is 0 Å². The van der Waals surface area contributed by atoms with Crippen LogP contribution in [0.2, 0.25) is 0 Å². The summed E-state index contributed by atoms with van der Waals surface area (Å²) in [6.45, 7) is 6.68. The van der Waals surface area contributed by atoms with Crippen molar-refractivity contribution >= 4 is 17.9 Å². The van der Waals surface area contributed by atoms with Gasteiger partial charge in [-0.15, -0.1) is 0 Å². The first-order valence-electron chi connectivity index (χ1n) is 4.53. The molecule has 0 saturated carbocycles. The molecule has 0 aliphatic heterocycles. The number of carbonyl (C=O) groups is 3. The van der Waals surface area contributed by atoms with Crippen molar-refractivity contribution in [1.82, 2.24) is 0 Å². The Bertz CT molecular complexity index is 280. The molecule has 0 aliphatic carbocycles. The molecule has 15 heavy (non-hydrogen) atoms. The third kappa shape index (κ3) is 6.42. The smallest absolute Gasteiger partial charge is 0.340 e. The molecule has 0 radical (unpaired) electrons. The van der Waals surface area contributed by atoms with Crippen molar-refractivity contribution in [3.05, 3.63) is 12.2 Å². The fraction of sp³-hybridized carbons (Fsp3) is 0.500. The lowest BCUT2D eigenvalue weighted by Crippen LogP contribution is -2.14. The van der Waals surface area contributed by atoms with Gasteiger partial charge >= 0.3 is 17.9 Å². The highest BCUT2D eigenvalue weighted by Gasteiger charge is 2.13. The topological polar surface area (TPSA) is 69.7 Å². The molecular weight excluding hydrogens is 200 g/mol. The summed E-state index contributed by atoms with van der Waals surface area (Å²) in [5.74, 6) is -2.02. The second-order valence-corrected chi connectivity index (χ2v) is 2.85. The maximum absolute atomic E-state index is 11.0. The van der Waals surface area contributed by atoms with E-state index in [9.17, 15) is 14.4 Å². The van der Waals surface area contributed by atoms with Gasteiger partial charge in [0.15, 0.2) is 0 Å². The highest BCUT2D eigenvalue weighted by molar-refractivity contribution is 5.95. The van der Waals surface area contributed by atoms with Crippen LogP contribution in [0.25, 0.3) is 0 Å². The van der Waals surface area contributed by atoms with Crippen molar-refractivity contribution in [2.75, 3.05) is 6.61 Å². The SMILES string of the molecule is C=C(C)C(=O)OC(=O)CCC(=O)OCC. The molecule has 5 heteroatoms. The Morgan fingerprint density at radius 2 is 1.67 bits per heavy atom. The lowest BCUT2D eigenvalue weighted by molar-refractivity contribution is -0.159. The van der Waals surface area contributed by atoms with Crippen LogP contribution in [0.5, 0.6) is 0 Å². The van der Waals surface area contributed by atoms with E-state index in [0.29, 0.717) is 0 Å². The van der Waals surface area contributed by atoms with Gasteiger partial charge in [0.2, 0.25) is 0 Å². The average molecular weight is 214 g/mol. The number of carbonyl (C=O) groups excluding carboxylic acids is 3. The summed E-state index contributed by atoms with van der Waals surface area (Å²) < 4.78 is 8.95. The Morgan fingerprint density at radius 1 is 1.13 bits per heavy atom. The fourth-order valence-electron chi connectivity index (χ4n) is 0.679. The minimum atomic E-state index is -0.774. The average Bonchev–Trinajstić information content (AvgIpc) is 2.15. The summed E-state index contributed by atoms with van der Waals surface area (Å²) in [6, 6.07) is 0. The van der Waals surface area contributed by atoms with Crippen LogP contribution in [0.15, 0.2) is 12.2 Å². The summed E-state index contributed by atoms with van der Waals surface area (Å²) in [4.78, 5) is 32.7. The molecule has 0 atom stereocenters. The number of rotatable bonds is 5. The van der Waals surface area contributed by atoms with E-state index in [1.165, 1.54) is 6.92 Å². The molecule has 0 bridgehead atoms. The second kappa shape index (κ2) is 6.75. The standard InChI is InChI=1S/C10H14O5/c1-4-14-8(11)5-6-9(12)15-10(13)7(2)3/h2,4-6H2,1,3H3. The number of esters is 3. The summed E-state index contributed by atoms with van der Waals surface area (Å²) in [6.07, 6.45) is -0.256. The van der Waals surface area contributed by atoms with E-state index in [1.54, 1.807) is 6.92 Å². The number of hydrogen-bond acceptors (Lipinski definition) is 5. The molecule has 0 unspecified atom stereocenters. The van der Waals surface area contributed by atoms with E-state index in [1.807, 2.05) is 0 Å². The van der Waals surface area contributed by atoms with Crippen LogP contribution in [0.3, 0.4) is 0 Å². The molecule has 0 saturated heterocycles. The van der Waals surface area contributed by atoms with Crippen molar-refractivity contribution in [3.63, 3.8) is 0 Å². The minimum Gasteiger partial charge on any atom is -0.466 e. The molecule has 0 rings (SSSR count).